The van der Waals surface area contributed by atoms with Crippen LogP contribution in [0, 0.1) is 5.92 Å². The molecule has 2 heterocycles. The molecule has 0 spiro atoms. The van der Waals surface area contributed by atoms with Gasteiger partial charge in [-0.05, 0) is 52.3 Å². The molecule has 168 valence electrons. The number of benzene rings is 2. The maximum atomic E-state index is 12.3. The zero-order valence-electron chi connectivity index (χ0n) is 19.7. The molecule has 0 unspecified atom stereocenters. The van der Waals surface area contributed by atoms with Crippen molar-refractivity contribution in [2.45, 2.75) is 59.0 Å². The summed E-state index contributed by atoms with van der Waals surface area (Å²) >= 11 is 0. The Kier molecular flexibility index (Phi) is 5.80. The average Bonchev–Trinajstić information content (AvgIpc) is 3.14. The van der Waals surface area contributed by atoms with E-state index in [-0.39, 0.29) is 29.5 Å². The summed E-state index contributed by atoms with van der Waals surface area (Å²) in [7, 11) is 0. The van der Waals surface area contributed by atoms with Gasteiger partial charge in [-0.2, -0.15) is 4.98 Å². The van der Waals surface area contributed by atoms with Crippen molar-refractivity contribution < 1.29 is 9.53 Å². The van der Waals surface area contributed by atoms with Crippen LogP contribution in [0.25, 0.3) is 10.8 Å². The van der Waals surface area contributed by atoms with E-state index < -0.39 is 0 Å². The highest BCUT2D eigenvalue weighted by Crippen LogP contribution is 2.29. The van der Waals surface area contributed by atoms with Gasteiger partial charge in [0.05, 0.1) is 12.1 Å². The maximum absolute atomic E-state index is 12.3. The van der Waals surface area contributed by atoms with E-state index in [2.05, 4.69) is 93.2 Å². The van der Waals surface area contributed by atoms with Crippen LogP contribution in [-0.2, 0) is 10.2 Å². The Balaban J connectivity index is 1.55. The smallest absolute Gasteiger partial charge is 0.415 e. The first-order chi connectivity index (χ1) is 15.1. The standard InChI is InChI=1S/C26H32N4O2/c1-16(2)22-15-32-25(31)30(22)23-11-12-27-24(29-23)28-17(3)18-7-8-20-14-21(26(4,5)6)10-9-19(20)13-18/h7-14,16-17,22H,15H2,1-6H3,(H,27,28,29)/t17-,22+/m0/s1. The molecule has 1 amide bonds. The van der Waals surface area contributed by atoms with Crippen molar-refractivity contribution in [1.29, 1.82) is 0 Å². The molecule has 6 nitrogen and oxygen atoms in total. The highest BCUT2D eigenvalue weighted by Gasteiger charge is 2.37. The van der Waals surface area contributed by atoms with Crippen LogP contribution in [0.1, 0.15) is 58.7 Å². The average molecular weight is 433 g/mol. The van der Waals surface area contributed by atoms with E-state index in [0.29, 0.717) is 18.4 Å². The number of hydrogen-bond acceptors (Lipinski definition) is 5. The molecule has 6 heteroatoms. The van der Waals surface area contributed by atoms with Gasteiger partial charge in [0.15, 0.2) is 0 Å². The fraction of sp³-hybridized carbons (Fsp3) is 0.423. The second-order valence-electron chi connectivity index (χ2n) is 9.93. The molecular formula is C26H32N4O2. The number of carbonyl (C=O) groups is 1. The number of nitrogens with zero attached hydrogens (tertiary/aromatic N) is 3. The first-order valence-corrected chi connectivity index (χ1v) is 11.2. The number of aromatic nitrogens is 2. The summed E-state index contributed by atoms with van der Waals surface area (Å²) in [5.41, 5.74) is 2.60. The van der Waals surface area contributed by atoms with E-state index in [1.807, 2.05) is 0 Å². The number of rotatable bonds is 5. The van der Waals surface area contributed by atoms with Gasteiger partial charge in [-0.1, -0.05) is 65.0 Å². The molecule has 32 heavy (non-hydrogen) atoms. The van der Waals surface area contributed by atoms with Gasteiger partial charge in [0.1, 0.15) is 12.4 Å². The van der Waals surface area contributed by atoms with E-state index in [1.165, 1.54) is 16.3 Å². The van der Waals surface area contributed by atoms with Gasteiger partial charge in [-0.25, -0.2) is 9.78 Å². The molecule has 1 saturated heterocycles. The minimum atomic E-state index is -0.356. The van der Waals surface area contributed by atoms with E-state index in [9.17, 15) is 4.79 Å². The van der Waals surface area contributed by atoms with E-state index in [1.54, 1.807) is 17.2 Å². The number of carbonyl (C=O) groups excluding carboxylic acids is 1. The van der Waals surface area contributed by atoms with Gasteiger partial charge >= 0.3 is 6.09 Å². The molecule has 0 saturated carbocycles. The first kappa shape index (κ1) is 22.1. The zero-order valence-corrected chi connectivity index (χ0v) is 19.7. The van der Waals surface area contributed by atoms with Gasteiger partial charge in [0.25, 0.3) is 0 Å². The van der Waals surface area contributed by atoms with E-state index in [4.69, 9.17) is 4.74 Å². The third-order valence-electron chi connectivity index (χ3n) is 6.14. The number of fused-ring (bicyclic) bond motifs is 1. The van der Waals surface area contributed by atoms with Crippen LogP contribution in [0.4, 0.5) is 16.6 Å². The number of ether oxygens (including phenoxy) is 1. The number of amides is 1. The lowest BCUT2D eigenvalue weighted by atomic mass is 9.85. The molecule has 1 aliphatic rings. The lowest BCUT2D eigenvalue weighted by molar-refractivity contribution is 0.177. The molecule has 2 aromatic carbocycles. The predicted octanol–water partition coefficient (Wildman–Crippen LogP) is 6.08. The van der Waals surface area contributed by atoms with Crippen molar-refractivity contribution in [2.24, 2.45) is 5.92 Å². The van der Waals surface area contributed by atoms with Crippen molar-refractivity contribution in [2.75, 3.05) is 16.8 Å². The third kappa shape index (κ3) is 4.40. The predicted molar refractivity (Wildman–Crippen MR) is 129 cm³/mol. The Bertz CT molecular complexity index is 1140. The van der Waals surface area contributed by atoms with Crippen LogP contribution in [-0.4, -0.2) is 28.7 Å². The van der Waals surface area contributed by atoms with Crippen LogP contribution in [0.3, 0.4) is 0 Å². The van der Waals surface area contributed by atoms with Crippen LogP contribution in [0.5, 0.6) is 0 Å². The maximum Gasteiger partial charge on any atom is 0.415 e. The van der Waals surface area contributed by atoms with Crippen LogP contribution >= 0.6 is 0 Å². The molecule has 4 rings (SSSR count). The van der Waals surface area contributed by atoms with Crippen molar-refractivity contribution in [3.63, 3.8) is 0 Å². The molecular weight excluding hydrogens is 400 g/mol. The lowest BCUT2D eigenvalue weighted by Gasteiger charge is -2.24. The minimum absolute atomic E-state index is 0.00312. The second-order valence-corrected chi connectivity index (χ2v) is 9.93. The summed E-state index contributed by atoms with van der Waals surface area (Å²) in [6, 6.07) is 14.9. The number of hydrogen-bond donors (Lipinski definition) is 1. The SMILES string of the molecule is CC(C)[C@H]1COC(=O)N1c1ccnc(N[C@@H](C)c2ccc3cc(C(C)(C)C)ccc3c2)n1. The fourth-order valence-electron chi connectivity index (χ4n) is 4.02. The second kappa shape index (κ2) is 8.41. The van der Waals surface area contributed by atoms with E-state index in [0.717, 1.165) is 5.56 Å². The van der Waals surface area contributed by atoms with Gasteiger partial charge in [0, 0.05) is 6.20 Å². The molecule has 1 aromatic heterocycles. The summed E-state index contributed by atoms with van der Waals surface area (Å²) in [6.45, 7) is 13.3. The molecule has 0 radical (unpaired) electrons. The first-order valence-electron chi connectivity index (χ1n) is 11.2. The zero-order chi connectivity index (χ0) is 23.0. The van der Waals surface area contributed by atoms with Crippen molar-refractivity contribution in [1.82, 2.24) is 9.97 Å². The summed E-state index contributed by atoms with van der Waals surface area (Å²) in [6.07, 6.45) is 1.32. The quantitative estimate of drug-likeness (QED) is 0.529. The normalized spacial score (nSPS) is 17.7. The lowest BCUT2D eigenvalue weighted by Crippen LogP contribution is -2.37. The summed E-state index contributed by atoms with van der Waals surface area (Å²) in [5.74, 6) is 1.31. The third-order valence-corrected chi connectivity index (χ3v) is 6.14. The monoisotopic (exact) mass is 432 g/mol. The highest BCUT2D eigenvalue weighted by atomic mass is 16.6. The molecule has 0 aliphatic carbocycles. The largest absolute Gasteiger partial charge is 0.447 e. The Morgan fingerprint density at radius 1 is 1.06 bits per heavy atom. The molecule has 3 aromatic rings. The minimum Gasteiger partial charge on any atom is -0.447 e. The van der Waals surface area contributed by atoms with Crippen molar-refractivity contribution >= 4 is 28.6 Å². The van der Waals surface area contributed by atoms with Gasteiger partial charge in [0.2, 0.25) is 5.95 Å². The number of anilines is 2. The highest BCUT2D eigenvalue weighted by molar-refractivity contribution is 5.89. The summed E-state index contributed by atoms with van der Waals surface area (Å²) in [5, 5.41) is 5.82. The van der Waals surface area contributed by atoms with Crippen LogP contribution < -0.4 is 10.2 Å². The summed E-state index contributed by atoms with van der Waals surface area (Å²) < 4.78 is 5.26. The van der Waals surface area contributed by atoms with Gasteiger partial charge in [-0.3, -0.25) is 4.90 Å². The molecule has 0 bridgehead atoms. The molecule has 1 fully saturated rings. The fourth-order valence-corrected chi connectivity index (χ4v) is 4.02. The van der Waals surface area contributed by atoms with Crippen molar-refractivity contribution in [3.05, 3.63) is 59.8 Å². The topological polar surface area (TPSA) is 67.3 Å². The Morgan fingerprint density at radius 2 is 1.78 bits per heavy atom. The van der Waals surface area contributed by atoms with Crippen LogP contribution in [0.15, 0.2) is 48.7 Å². The molecule has 1 aliphatic heterocycles. The number of nitrogens with one attached hydrogen (secondary N) is 1. The molecule has 2 atom stereocenters. The summed E-state index contributed by atoms with van der Waals surface area (Å²) in [4.78, 5) is 22.9. The van der Waals surface area contributed by atoms with E-state index >= 15 is 0 Å². The van der Waals surface area contributed by atoms with Crippen molar-refractivity contribution in [3.8, 4) is 0 Å². The Labute approximate surface area is 190 Å². The Morgan fingerprint density at radius 3 is 2.50 bits per heavy atom. The van der Waals surface area contributed by atoms with Gasteiger partial charge in [-0.15, -0.1) is 0 Å². The molecule has 1 N–H and O–H groups in total. The van der Waals surface area contributed by atoms with Gasteiger partial charge < -0.3 is 10.1 Å². The Hall–Kier alpha value is -3.15. The van der Waals surface area contributed by atoms with Crippen LogP contribution in [0.2, 0.25) is 0 Å². The number of cyclic esters (lactones) is 1.